The minimum atomic E-state index is -1.16. The van der Waals surface area contributed by atoms with Crippen molar-refractivity contribution in [3.05, 3.63) is 69.7 Å². The van der Waals surface area contributed by atoms with Crippen molar-refractivity contribution in [1.29, 1.82) is 0 Å². The molecule has 1 heterocycles. The monoisotopic (exact) mass is 433 g/mol. The maximum atomic E-state index is 13.1. The van der Waals surface area contributed by atoms with Crippen LogP contribution in [0.25, 0.3) is 0 Å². The number of hydrogen-bond donors (Lipinski definition) is 2. The van der Waals surface area contributed by atoms with Gasteiger partial charge in [-0.3, -0.25) is 14.5 Å². The zero-order valence-electron chi connectivity index (χ0n) is 16.0. The third-order valence-corrected chi connectivity index (χ3v) is 5.83. The van der Waals surface area contributed by atoms with Gasteiger partial charge in [-0.05, 0) is 36.6 Å². The number of nitrogens with one attached hydrogen (secondary N) is 2. The van der Waals surface area contributed by atoms with Gasteiger partial charge in [0.05, 0.1) is 16.1 Å². The van der Waals surface area contributed by atoms with Crippen molar-refractivity contribution in [2.24, 2.45) is 0 Å². The van der Waals surface area contributed by atoms with Crippen LogP contribution in [0, 0.1) is 0 Å². The Labute approximate surface area is 179 Å². The molecule has 29 heavy (non-hydrogen) atoms. The van der Waals surface area contributed by atoms with E-state index in [1.54, 1.807) is 49.4 Å². The standard InChI is InChI=1S/C21H21Cl2N3O3/c1-3-21(15-7-5-4-6-8-15)19(28)26(20(29)25-21)12-18(27)24-13(2)14-9-10-16(22)17(23)11-14/h4-11,13H,3,12H2,1-2H3,(H,24,27)(H,25,29). The molecular formula is C21H21Cl2N3O3. The lowest BCUT2D eigenvalue weighted by atomic mass is 9.87. The van der Waals surface area contributed by atoms with Gasteiger partial charge < -0.3 is 10.6 Å². The second kappa shape index (κ2) is 8.43. The Balaban J connectivity index is 1.72. The Hall–Kier alpha value is -2.57. The van der Waals surface area contributed by atoms with Crippen molar-refractivity contribution < 1.29 is 14.4 Å². The summed E-state index contributed by atoms with van der Waals surface area (Å²) in [6, 6.07) is 13.1. The van der Waals surface area contributed by atoms with Crippen LogP contribution in [0.4, 0.5) is 4.79 Å². The van der Waals surface area contributed by atoms with E-state index in [0.717, 1.165) is 10.5 Å². The molecule has 8 heteroatoms. The van der Waals surface area contributed by atoms with Crippen molar-refractivity contribution in [3.8, 4) is 0 Å². The van der Waals surface area contributed by atoms with Gasteiger partial charge in [0.1, 0.15) is 12.1 Å². The third kappa shape index (κ3) is 4.09. The lowest BCUT2D eigenvalue weighted by Crippen LogP contribution is -2.45. The number of halogens is 2. The fourth-order valence-electron chi connectivity index (χ4n) is 3.43. The summed E-state index contributed by atoms with van der Waals surface area (Å²) >= 11 is 11.9. The maximum Gasteiger partial charge on any atom is 0.325 e. The smallest absolute Gasteiger partial charge is 0.325 e. The van der Waals surface area contributed by atoms with Crippen LogP contribution in [-0.2, 0) is 15.1 Å². The first-order chi connectivity index (χ1) is 13.8. The molecule has 0 saturated carbocycles. The highest BCUT2D eigenvalue weighted by molar-refractivity contribution is 6.42. The fourth-order valence-corrected chi connectivity index (χ4v) is 3.73. The highest BCUT2D eigenvalue weighted by Crippen LogP contribution is 2.32. The van der Waals surface area contributed by atoms with Gasteiger partial charge in [0.15, 0.2) is 0 Å². The molecule has 1 aliphatic rings. The van der Waals surface area contributed by atoms with Gasteiger partial charge in [-0.25, -0.2) is 4.79 Å². The average Bonchev–Trinajstić information content (AvgIpc) is 2.95. The van der Waals surface area contributed by atoms with Crippen molar-refractivity contribution in [1.82, 2.24) is 15.5 Å². The molecular weight excluding hydrogens is 413 g/mol. The number of urea groups is 1. The normalized spacial score (nSPS) is 19.8. The molecule has 1 fully saturated rings. The minimum Gasteiger partial charge on any atom is -0.348 e. The van der Waals surface area contributed by atoms with Gasteiger partial charge in [-0.2, -0.15) is 0 Å². The molecule has 0 bridgehead atoms. The molecule has 4 amide bonds. The first kappa shape index (κ1) is 21.1. The van der Waals surface area contributed by atoms with Gasteiger partial charge in [0, 0.05) is 0 Å². The van der Waals surface area contributed by atoms with Gasteiger partial charge in [-0.1, -0.05) is 66.5 Å². The van der Waals surface area contributed by atoms with Crippen LogP contribution in [0.15, 0.2) is 48.5 Å². The average molecular weight is 434 g/mol. The predicted molar refractivity (Wildman–Crippen MR) is 112 cm³/mol. The zero-order valence-corrected chi connectivity index (χ0v) is 17.6. The predicted octanol–water partition coefficient (Wildman–Crippen LogP) is 4.03. The number of rotatable bonds is 6. The van der Waals surface area contributed by atoms with Crippen LogP contribution in [0.1, 0.15) is 37.4 Å². The number of carbonyl (C=O) groups is 3. The molecule has 0 spiro atoms. The largest absolute Gasteiger partial charge is 0.348 e. The number of amides is 4. The van der Waals surface area contributed by atoms with Crippen molar-refractivity contribution >= 4 is 41.0 Å². The van der Waals surface area contributed by atoms with Crippen molar-refractivity contribution in [2.75, 3.05) is 6.54 Å². The summed E-state index contributed by atoms with van der Waals surface area (Å²) in [5.41, 5.74) is 0.290. The Morgan fingerprint density at radius 3 is 2.45 bits per heavy atom. The number of hydrogen-bond acceptors (Lipinski definition) is 3. The van der Waals surface area contributed by atoms with E-state index >= 15 is 0 Å². The summed E-state index contributed by atoms with van der Waals surface area (Å²) in [6.07, 6.45) is 0.374. The quantitative estimate of drug-likeness (QED) is 0.674. The van der Waals surface area contributed by atoms with Gasteiger partial charge >= 0.3 is 6.03 Å². The van der Waals surface area contributed by atoms with E-state index in [2.05, 4.69) is 10.6 Å². The van der Waals surface area contributed by atoms with E-state index in [-0.39, 0.29) is 12.6 Å². The lowest BCUT2D eigenvalue weighted by Gasteiger charge is -2.25. The summed E-state index contributed by atoms with van der Waals surface area (Å²) in [5, 5.41) is 6.35. The Bertz CT molecular complexity index is 951. The van der Waals surface area contributed by atoms with E-state index in [1.807, 2.05) is 13.0 Å². The molecule has 3 rings (SSSR count). The van der Waals surface area contributed by atoms with Crippen LogP contribution in [-0.4, -0.2) is 29.3 Å². The first-order valence-electron chi connectivity index (χ1n) is 9.22. The minimum absolute atomic E-state index is 0.370. The van der Waals surface area contributed by atoms with Gasteiger partial charge in [-0.15, -0.1) is 0 Å². The molecule has 2 unspecified atom stereocenters. The SMILES string of the molecule is CCC1(c2ccccc2)NC(=O)N(CC(=O)NC(C)c2ccc(Cl)c(Cl)c2)C1=O. The summed E-state index contributed by atoms with van der Waals surface area (Å²) in [5.74, 6) is -0.888. The first-order valence-corrected chi connectivity index (χ1v) is 9.98. The van der Waals surface area contributed by atoms with E-state index < -0.39 is 23.4 Å². The molecule has 1 saturated heterocycles. The number of carbonyl (C=O) groups excluding carboxylic acids is 3. The number of nitrogens with zero attached hydrogens (tertiary/aromatic N) is 1. The summed E-state index contributed by atoms with van der Waals surface area (Å²) in [7, 11) is 0. The topological polar surface area (TPSA) is 78.5 Å². The zero-order chi connectivity index (χ0) is 21.2. The highest BCUT2D eigenvalue weighted by atomic mass is 35.5. The molecule has 0 aromatic heterocycles. The van der Waals surface area contributed by atoms with Crippen molar-refractivity contribution in [3.63, 3.8) is 0 Å². The summed E-state index contributed by atoms with van der Waals surface area (Å²) in [4.78, 5) is 39.0. The van der Waals surface area contributed by atoms with Crippen LogP contribution in [0.2, 0.25) is 10.0 Å². The van der Waals surface area contributed by atoms with E-state index in [4.69, 9.17) is 23.2 Å². The molecule has 6 nitrogen and oxygen atoms in total. The fraction of sp³-hybridized carbons (Fsp3) is 0.286. The molecule has 2 aromatic rings. The summed E-state index contributed by atoms with van der Waals surface area (Å²) < 4.78 is 0. The van der Waals surface area contributed by atoms with E-state index in [1.165, 1.54) is 0 Å². The molecule has 0 aliphatic carbocycles. The molecule has 2 aromatic carbocycles. The third-order valence-electron chi connectivity index (χ3n) is 5.10. The Morgan fingerprint density at radius 2 is 1.83 bits per heavy atom. The maximum absolute atomic E-state index is 13.1. The molecule has 152 valence electrons. The summed E-state index contributed by atoms with van der Waals surface area (Å²) in [6.45, 7) is 3.23. The van der Waals surface area contributed by atoms with Gasteiger partial charge in [0.2, 0.25) is 5.91 Å². The Kier molecular flexibility index (Phi) is 6.15. The number of benzene rings is 2. The van der Waals surface area contributed by atoms with Crippen LogP contribution < -0.4 is 10.6 Å². The number of imide groups is 1. The second-order valence-corrected chi connectivity index (χ2v) is 7.72. The lowest BCUT2D eigenvalue weighted by molar-refractivity contribution is -0.135. The Morgan fingerprint density at radius 1 is 1.14 bits per heavy atom. The molecule has 1 aliphatic heterocycles. The second-order valence-electron chi connectivity index (χ2n) is 6.91. The van der Waals surface area contributed by atoms with Crippen molar-refractivity contribution in [2.45, 2.75) is 31.8 Å². The molecule has 0 radical (unpaired) electrons. The molecule has 2 atom stereocenters. The van der Waals surface area contributed by atoms with Crippen LogP contribution in [0.5, 0.6) is 0 Å². The van der Waals surface area contributed by atoms with Crippen LogP contribution in [0.3, 0.4) is 0 Å². The highest BCUT2D eigenvalue weighted by Gasteiger charge is 2.51. The van der Waals surface area contributed by atoms with Crippen LogP contribution >= 0.6 is 23.2 Å². The van der Waals surface area contributed by atoms with E-state index in [0.29, 0.717) is 22.0 Å². The van der Waals surface area contributed by atoms with E-state index in [9.17, 15) is 14.4 Å². The molecule has 2 N–H and O–H groups in total. The van der Waals surface area contributed by atoms with Gasteiger partial charge in [0.25, 0.3) is 5.91 Å².